The van der Waals surface area contributed by atoms with Gasteiger partial charge in [0, 0.05) is 5.92 Å². The van der Waals surface area contributed by atoms with Gasteiger partial charge < -0.3 is 15.5 Å². The van der Waals surface area contributed by atoms with E-state index in [0.29, 0.717) is 19.0 Å². The number of rotatable bonds is 6. The Hall–Kier alpha value is -1.36. The zero-order valence-electron chi connectivity index (χ0n) is 9.82. The molecule has 1 amide bonds. The van der Waals surface area contributed by atoms with E-state index in [9.17, 15) is 4.79 Å². The summed E-state index contributed by atoms with van der Waals surface area (Å²) >= 11 is 0. The highest BCUT2D eigenvalue weighted by molar-refractivity contribution is 5.78. The Bertz CT molecular complexity index is 336. The van der Waals surface area contributed by atoms with Gasteiger partial charge in [0.1, 0.15) is 5.76 Å². The summed E-state index contributed by atoms with van der Waals surface area (Å²) in [4.78, 5) is 15.6. The average molecular weight is 225 g/mol. The third-order valence-electron chi connectivity index (χ3n) is 2.37. The number of nitrogens with one attached hydrogen (secondary N) is 1. The molecule has 5 nitrogen and oxygen atoms in total. The van der Waals surface area contributed by atoms with Gasteiger partial charge in [-0.1, -0.05) is 6.92 Å². The molecular weight excluding hydrogens is 206 g/mol. The van der Waals surface area contributed by atoms with E-state index in [-0.39, 0.29) is 11.8 Å². The van der Waals surface area contributed by atoms with Crippen LogP contribution in [0.5, 0.6) is 0 Å². The minimum Gasteiger partial charge on any atom is -0.444 e. The van der Waals surface area contributed by atoms with Gasteiger partial charge in [-0.3, -0.25) is 4.79 Å². The van der Waals surface area contributed by atoms with Crippen LogP contribution in [0.25, 0.3) is 0 Å². The number of hydrogen-bond donors (Lipinski definition) is 2. The summed E-state index contributed by atoms with van der Waals surface area (Å²) in [5, 5.41) is 2.78. The van der Waals surface area contributed by atoms with Crippen molar-refractivity contribution in [3.05, 3.63) is 17.8 Å². The molecule has 0 aliphatic rings. The SMILES string of the molecule is Cc1cnc(CNC(=O)C(C)CCCN)o1. The van der Waals surface area contributed by atoms with Crippen molar-refractivity contribution in [3.8, 4) is 0 Å². The standard InChI is InChI=1S/C11H19N3O2/c1-8(4-3-5-12)11(15)14-7-10-13-6-9(2)16-10/h6,8H,3-5,7,12H2,1-2H3,(H,14,15). The maximum atomic E-state index is 11.6. The van der Waals surface area contributed by atoms with Gasteiger partial charge in [0.15, 0.2) is 0 Å². The minimum atomic E-state index is -0.0143. The molecule has 1 aromatic rings. The fraction of sp³-hybridized carbons (Fsp3) is 0.636. The number of aryl methyl sites for hydroxylation is 1. The van der Waals surface area contributed by atoms with E-state index in [1.165, 1.54) is 0 Å². The predicted molar refractivity (Wildman–Crippen MR) is 60.5 cm³/mol. The summed E-state index contributed by atoms with van der Waals surface area (Å²) in [6, 6.07) is 0. The zero-order valence-corrected chi connectivity index (χ0v) is 9.82. The number of nitrogens with two attached hydrogens (primary N) is 1. The van der Waals surface area contributed by atoms with Crippen molar-refractivity contribution < 1.29 is 9.21 Å². The van der Waals surface area contributed by atoms with E-state index in [1.54, 1.807) is 6.20 Å². The third kappa shape index (κ3) is 4.02. The van der Waals surface area contributed by atoms with Crippen LogP contribution in [0.1, 0.15) is 31.4 Å². The van der Waals surface area contributed by atoms with E-state index in [1.807, 2.05) is 13.8 Å². The lowest BCUT2D eigenvalue weighted by molar-refractivity contribution is -0.125. The molecule has 1 atom stereocenters. The van der Waals surface area contributed by atoms with Crippen LogP contribution in [0.2, 0.25) is 0 Å². The highest BCUT2D eigenvalue weighted by atomic mass is 16.4. The molecule has 0 saturated heterocycles. The van der Waals surface area contributed by atoms with Crippen molar-refractivity contribution in [1.82, 2.24) is 10.3 Å². The first-order valence-electron chi connectivity index (χ1n) is 5.52. The Morgan fingerprint density at radius 1 is 1.69 bits per heavy atom. The molecule has 1 aromatic heterocycles. The van der Waals surface area contributed by atoms with Gasteiger partial charge >= 0.3 is 0 Å². The fourth-order valence-electron chi connectivity index (χ4n) is 1.38. The number of aromatic nitrogens is 1. The van der Waals surface area contributed by atoms with Crippen molar-refractivity contribution in [2.45, 2.75) is 33.2 Å². The van der Waals surface area contributed by atoms with E-state index in [2.05, 4.69) is 10.3 Å². The van der Waals surface area contributed by atoms with Gasteiger partial charge in [0.2, 0.25) is 11.8 Å². The Balaban J connectivity index is 2.29. The largest absolute Gasteiger partial charge is 0.444 e. The lowest BCUT2D eigenvalue weighted by atomic mass is 10.1. The first-order chi connectivity index (χ1) is 7.63. The summed E-state index contributed by atoms with van der Waals surface area (Å²) in [6.45, 7) is 4.68. The molecule has 1 unspecified atom stereocenters. The maximum Gasteiger partial charge on any atom is 0.223 e. The Morgan fingerprint density at radius 2 is 2.44 bits per heavy atom. The van der Waals surface area contributed by atoms with Crippen LogP contribution < -0.4 is 11.1 Å². The molecular formula is C11H19N3O2. The fourth-order valence-corrected chi connectivity index (χ4v) is 1.38. The van der Waals surface area contributed by atoms with Gasteiger partial charge in [-0.15, -0.1) is 0 Å². The quantitative estimate of drug-likeness (QED) is 0.756. The van der Waals surface area contributed by atoms with Gasteiger partial charge in [0.25, 0.3) is 0 Å². The summed E-state index contributed by atoms with van der Waals surface area (Å²) in [5.41, 5.74) is 5.39. The lowest BCUT2D eigenvalue weighted by Crippen LogP contribution is -2.29. The van der Waals surface area contributed by atoms with E-state index in [4.69, 9.17) is 10.2 Å². The zero-order chi connectivity index (χ0) is 12.0. The minimum absolute atomic E-state index is 0.0143. The van der Waals surface area contributed by atoms with E-state index >= 15 is 0 Å². The summed E-state index contributed by atoms with van der Waals surface area (Å²) in [6.07, 6.45) is 3.32. The van der Waals surface area contributed by atoms with Crippen molar-refractivity contribution in [2.75, 3.05) is 6.54 Å². The van der Waals surface area contributed by atoms with Crippen LogP contribution >= 0.6 is 0 Å². The number of carbonyl (C=O) groups excluding carboxylic acids is 1. The average Bonchev–Trinajstić information content (AvgIpc) is 2.68. The van der Waals surface area contributed by atoms with Crippen molar-refractivity contribution >= 4 is 5.91 Å². The third-order valence-corrected chi connectivity index (χ3v) is 2.37. The van der Waals surface area contributed by atoms with Gasteiger partial charge in [-0.2, -0.15) is 0 Å². The first kappa shape index (κ1) is 12.7. The second-order valence-electron chi connectivity index (χ2n) is 3.91. The molecule has 0 spiro atoms. The van der Waals surface area contributed by atoms with Crippen LogP contribution in [0.4, 0.5) is 0 Å². The van der Waals surface area contributed by atoms with Gasteiger partial charge in [-0.05, 0) is 26.3 Å². The van der Waals surface area contributed by atoms with Crippen LogP contribution in [-0.2, 0) is 11.3 Å². The van der Waals surface area contributed by atoms with E-state index in [0.717, 1.165) is 18.6 Å². The first-order valence-corrected chi connectivity index (χ1v) is 5.52. The topological polar surface area (TPSA) is 81.2 Å². The molecule has 0 aliphatic carbocycles. The molecule has 5 heteroatoms. The normalized spacial score (nSPS) is 12.4. The highest BCUT2D eigenvalue weighted by Gasteiger charge is 2.12. The number of amides is 1. The smallest absolute Gasteiger partial charge is 0.223 e. The van der Waals surface area contributed by atoms with Gasteiger partial charge in [-0.25, -0.2) is 4.98 Å². The molecule has 0 saturated carbocycles. The predicted octanol–water partition coefficient (Wildman–Crippen LogP) is 0.974. The molecule has 1 heterocycles. The molecule has 16 heavy (non-hydrogen) atoms. The van der Waals surface area contributed by atoms with Crippen molar-refractivity contribution in [3.63, 3.8) is 0 Å². The molecule has 0 radical (unpaired) electrons. The number of oxazole rings is 1. The van der Waals surface area contributed by atoms with Crippen molar-refractivity contribution in [1.29, 1.82) is 0 Å². The molecule has 0 bridgehead atoms. The van der Waals surface area contributed by atoms with E-state index < -0.39 is 0 Å². The number of nitrogens with zero attached hydrogens (tertiary/aromatic N) is 1. The molecule has 90 valence electrons. The van der Waals surface area contributed by atoms with Gasteiger partial charge in [0.05, 0.1) is 12.7 Å². The summed E-state index contributed by atoms with van der Waals surface area (Å²) in [7, 11) is 0. The molecule has 0 fully saturated rings. The molecule has 1 rings (SSSR count). The Kier molecular flexibility index (Phi) is 4.98. The summed E-state index contributed by atoms with van der Waals surface area (Å²) in [5.74, 6) is 1.29. The highest BCUT2D eigenvalue weighted by Crippen LogP contribution is 2.06. The summed E-state index contributed by atoms with van der Waals surface area (Å²) < 4.78 is 5.25. The second-order valence-corrected chi connectivity index (χ2v) is 3.91. The van der Waals surface area contributed by atoms with Crippen LogP contribution in [0.3, 0.4) is 0 Å². The van der Waals surface area contributed by atoms with Crippen molar-refractivity contribution in [2.24, 2.45) is 11.7 Å². The van der Waals surface area contributed by atoms with Crippen LogP contribution in [-0.4, -0.2) is 17.4 Å². The number of carbonyl (C=O) groups is 1. The number of hydrogen-bond acceptors (Lipinski definition) is 4. The lowest BCUT2D eigenvalue weighted by Gasteiger charge is -2.10. The monoisotopic (exact) mass is 225 g/mol. The second kappa shape index (κ2) is 6.27. The Labute approximate surface area is 95.4 Å². The molecule has 3 N–H and O–H groups in total. The molecule has 0 aromatic carbocycles. The van der Waals surface area contributed by atoms with Crippen LogP contribution in [0.15, 0.2) is 10.6 Å². The van der Waals surface area contributed by atoms with Crippen LogP contribution in [0, 0.1) is 12.8 Å². The molecule has 0 aliphatic heterocycles. The maximum absolute atomic E-state index is 11.6. The Morgan fingerprint density at radius 3 is 3.00 bits per heavy atom.